The molecule has 2 aromatic heterocycles. The Morgan fingerprint density at radius 1 is 0.949 bits per heavy atom. The molecule has 0 radical (unpaired) electrons. The zero-order valence-corrected chi connectivity index (χ0v) is 23.1. The number of nitrogens with zero attached hydrogens (tertiary/aromatic N) is 2. The minimum atomic E-state index is -0.366. The third-order valence-corrected chi connectivity index (χ3v) is 7.47. The molecule has 198 valence electrons. The van der Waals surface area contributed by atoms with Crippen LogP contribution in [-0.2, 0) is 12.8 Å². The number of rotatable bonds is 8. The molecule has 0 aliphatic carbocycles. The van der Waals surface area contributed by atoms with Crippen molar-refractivity contribution in [2.45, 2.75) is 26.7 Å². The fraction of sp³-hybridized carbons (Fsp3) is 0.194. The predicted octanol–water partition coefficient (Wildman–Crippen LogP) is 7.18. The maximum atomic E-state index is 13.7. The van der Waals surface area contributed by atoms with Crippen LogP contribution in [0.2, 0.25) is 0 Å². The van der Waals surface area contributed by atoms with Crippen LogP contribution in [0.3, 0.4) is 0 Å². The van der Waals surface area contributed by atoms with Gasteiger partial charge in [0.15, 0.2) is 5.13 Å². The quantitative estimate of drug-likeness (QED) is 0.226. The molecule has 0 spiro atoms. The van der Waals surface area contributed by atoms with E-state index in [0.717, 1.165) is 29.0 Å². The first-order valence-corrected chi connectivity index (χ1v) is 13.5. The minimum Gasteiger partial charge on any atom is -0.497 e. The van der Waals surface area contributed by atoms with Crippen molar-refractivity contribution in [3.05, 3.63) is 94.4 Å². The second-order valence-corrected chi connectivity index (χ2v) is 9.91. The highest BCUT2D eigenvalue weighted by atomic mass is 32.1. The summed E-state index contributed by atoms with van der Waals surface area (Å²) in [5, 5.41) is 4.22. The number of aryl methyl sites for hydroxylation is 2. The fourth-order valence-electron chi connectivity index (χ4n) is 4.21. The molecule has 0 atom stereocenters. The van der Waals surface area contributed by atoms with Crippen LogP contribution < -0.4 is 20.3 Å². The van der Waals surface area contributed by atoms with E-state index < -0.39 is 0 Å². The van der Waals surface area contributed by atoms with Gasteiger partial charge in [-0.3, -0.25) is 10.1 Å². The largest absolute Gasteiger partial charge is 0.497 e. The van der Waals surface area contributed by atoms with E-state index in [9.17, 15) is 4.79 Å². The molecule has 0 aliphatic rings. The smallest absolute Gasteiger partial charge is 0.262 e. The van der Waals surface area contributed by atoms with Crippen LogP contribution in [0.1, 0.15) is 34.6 Å². The van der Waals surface area contributed by atoms with Crippen LogP contribution in [0.4, 0.5) is 10.8 Å². The number of aromatic nitrogens is 1. The van der Waals surface area contributed by atoms with E-state index in [-0.39, 0.29) is 17.0 Å². The van der Waals surface area contributed by atoms with Gasteiger partial charge in [-0.2, -0.15) is 0 Å². The van der Waals surface area contributed by atoms with Gasteiger partial charge in [-0.1, -0.05) is 44.2 Å². The minimum absolute atomic E-state index is 0.182. The molecule has 0 bridgehead atoms. The molecule has 5 aromatic rings. The Balaban J connectivity index is 1.56. The second-order valence-electron chi connectivity index (χ2n) is 8.83. The topological polar surface area (TPSA) is 86.0 Å². The van der Waals surface area contributed by atoms with Gasteiger partial charge < -0.3 is 13.9 Å². The van der Waals surface area contributed by atoms with E-state index in [1.54, 1.807) is 38.5 Å². The van der Waals surface area contributed by atoms with Gasteiger partial charge in [0.1, 0.15) is 22.6 Å². The molecule has 2 heterocycles. The Morgan fingerprint density at radius 3 is 2.44 bits per heavy atom. The summed E-state index contributed by atoms with van der Waals surface area (Å²) in [6.45, 7) is 4.22. The number of hydrogen-bond acceptors (Lipinski definition) is 7. The van der Waals surface area contributed by atoms with Crippen LogP contribution in [-0.4, -0.2) is 25.1 Å². The van der Waals surface area contributed by atoms with Crippen LogP contribution in [0.25, 0.3) is 22.2 Å². The third-order valence-electron chi connectivity index (χ3n) is 6.36. The summed E-state index contributed by atoms with van der Waals surface area (Å²) in [5.41, 5.74) is 4.82. The lowest BCUT2D eigenvalue weighted by atomic mass is 10.1. The Hall–Kier alpha value is -4.43. The van der Waals surface area contributed by atoms with Gasteiger partial charge in [-0.25, -0.2) is 9.98 Å². The number of benzene rings is 3. The van der Waals surface area contributed by atoms with Crippen molar-refractivity contribution < 1.29 is 18.7 Å². The molecule has 39 heavy (non-hydrogen) atoms. The lowest BCUT2D eigenvalue weighted by Crippen LogP contribution is -2.21. The van der Waals surface area contributed by atoms with Crippen molar-refractivity contribution in [1.29, 1.82) is 0 Å². The molecule has 0 saturated heterocycles. The van der Waals surface area contributed by atoms with Crippen LogP contribution in [0.15, 0.2) is 82.2 Å². The molecular formula is C31H29N3O4S. The van der Waals surface area contributed by atoms with E-state index in [1.165, 1.54) is 16.9 Å². The number of ether oxygens (including phenoxy) is 2. The predicted molar refractivity (Wildman–Crippen MR) is 155 cm³/mol. The first-order chi connectivity index (χ1) is 19.0. The van der Waals surface area contributed by atoms with Crippen molar-refractivity contribution in [2.75, 3.05) is 19.5 Å². The second kappa shape index (κ2) is 11.5. The van der Waals surface area contributed by atoms with Gasteiger partial charge in [-0.05, 0) is 54.8 Å². The summed E-state index contributed by atoms with van der Waals surface area (Å²) < 4.78 is 16.8. The number of hydrogen-bond donors (Lipinski definition) is 1. The maximum Gasteiger partial charge on any atom is 0.262 e. The first-order valence-electron chi connectivity index (χ1n) is 12.7. The van der Waals surface area contributed by atoms with E-state index in [2.05, 4.69) is 48.4 Å². The Morgan fingerprint density at radius 2 is 1.72 bits per heavy atom. The molecule has 0 fully saturated rings. The molecule has 1 amide bonds. The zero-order valence-electron chi connectivity index (χ0n) is 22.3. The normalized spacial score (nSPS) is 11.5. The number of carbonyl (C=O) groups is 1. The molecule has 0 aliphatic heterocycles. The van der Waals surface area contributed by atoms with Crippen molar-refractivity contribution in [1.82, 2.24) is 4.98 Å². The lowest BCUT2D eigenvalue weighted by Gasteiger charge is -2.07. The number of amides is 1. The van der Waals surface area contributed by atoms with Crippen LogP contribution in [0.5, 0.6) is 11.5 Å². The number of carbonyl (C=O) groups excluding carboxylic acids is 1. The van der Waals surface area contributed by atoms with Crippen LogP contribution >= 0.6 is 11.3 Å². The number of anilines is 1. The van der Waals surface area contributed by atoms with E-state index in [4.69, 9.17) is 18.9 Å². The standard InChI is InChI=1S/C31H29N3O4S/c1-5-19-10-12-20(13-11-19)28-27(6-2)39-31(33-28)34-29(35)25-17-21-16-24(37-4)14-15-26(21)38-30(25)32-22-8-7-9-23(18-22)36-3/h7-18H,5-6H2,1-4H3,(H,33,34,35). The molecule has 3 aromatic carbocycles. The van der Waals surface area contributed by atoms with Gasteiger partial charge >= 0.3 is 0 Å². The van der Waals surface area contributed by atoms with E-state index >= 15 is 0 Å². The van der Waals surface area contributed by atoms with Gasteiger partial charge in [0.05, 0.1) is 25.6 Å². The highest BCUT2D eigenvalue weighted by Gasteiger charge is 2.18. The summed E-state index contributed by atoms with van der Waals surface area (Å²) in [4.78, 5) is 24.2. The number of nitrogens with one attached hydrogen (secondary N) is 1. The van der Waals surface area contributed by atoms with Gasteiger partial charge in [0, 0.05) is 21.9 Å². The highest BCUT2D eigenvalue weighted by Crippen LogP contribution is 2.32. The summed E-state index contributed by atoms with van der Waals surface area (Å²) in [6.07, 6.45) is 1.78. The monoisotopic (exact) mass is 539 g/mol. The summed E-state index contributed by atoms with van der Waals surface area (Å²) >= 11 is 1.47. The average molecular weight is 540 g/mol. The molecule has 1 N–H and O–H groups in total. The summed E-state index contributed by atoms with van der Waals surface area (Å²) in [7, 11) is 3.19. The van der Waals surface area contributed by atoms with E-state index in [0.29, 0.717) is 33.3 Å². The van der Waals surface area contributed by atoms with E-state index in [1.807, 2.05) is 24.3 Å². The molecular weight excluding hydrogens is 510 g/mol. The molecule has 0 saturated carbocycles. The number of thiazole rings is 1. The SMILES string of the molecule is CCc1ccc(-c2nc(NC(=O)c3cc4cc(OC)ccc4oc3=Nc3cccc(OC)c3)sc2CC)cc1. The Labute approximate surface area is 230 Å². The summed E-state index contributed by atoms with van der Waals surface area (Å²) in [6, 6.07) is 22.8. The molecule has 7 nitrogen and oxygen atoms in total. The molecule has 5 rings (SSSR count). The van der Waals surface area contributed by atoms with Crippen LogP contribution in [0, 0.1) is 0 Å². The molecule has 0 unspecified atom stereocenters. The van der Waals surface area contributed by atoms with Crippen molar-refractivity contribution in [3.8, 4) is 22.8 Å². The highest BCUT2D eigenvalue weighted by molar-refractivity contribution is 7.16. The number of methoxy groups -OCH3 is 2. The van der Waals surface area contributed by atoms with Crippen molar-refractivity contribution in [2.24, 2.45) is 4.99 Å². The summed E-state index contributed by atoms with van der Waals surface area (Å²) in [5.74, 6) is 0.948. The third kappa shape index (κ3) is 5.71. The van der Waals surface area contributed by atoms with Crippen molar-refractivity contribution in [3.63, 3.8) is 0 Å². The molecule has 8 heteroatoms. The van der Waals surface area contributed by atoms with Gasteiger partial charge in [-0.15, -0.1) is 11.3 Å². The average Bonchev–Trinajstić information content (AvgIpc) is 3.39. The fourth-order valence-corrected chi connectivity index (χ4v) is 5.13. The zero-order chi connectivity index (χ0) is 27.4. The lowest BCUT2D eigenvalue weighted by molar-refractivity contribution is 0.102. The Kier molecular flexibility index (Phi) is 7.74. The van der Waals surface area contributed by atoms with Gasteiger partial charge in [0.2, 0.25) is 5.55 Å². The maximum absolute atomic E-state index is 13.7. The van der Waals surface area contributed by atoms with Crippen molar-refractivity contribution >= 4 is 39.0 Å². The first kappa shape index (κ1) is 26.2. The Bertz CT molecular complexity index is 1700. The number of fused-ring (bicyclic) bond motifs is 1. The van der Waals surface area contributed by atoms with Gasteiger partial charge in [0.25, 0.3) is 5.91 Å².